The standard InChI is InChI=1S/C16H21N5O2.HI/c1-10-4-3-5-12(8-10)20-16(17)18-9-13-6-7-14(22-13)15-19-11(2)21-23-15;/h3-5,8,13-14H,6-7,9H2,1-2H3,(H3,17,18,20);1H/t13-,14+;/m1./s1. The Kier molecular flexibility index (Phi) is 6.55. The summed E-state index contributed by atoms with van der Waals surface area (Å²) in [6, 6.07) is 7.98. The van der Waals surface area contributed by atoms with Crippen molar-refractivity contribution in [1.29, 1.82) is 0 Å². The Morgan fingerprint density at radius 1 is 1.38 bits per heavy atom. The molecule has 7 nitrogen and oxygen atoms in total. The van der Waals surface area contributed by atoms with Crippen LogP contribution in [0.25, 0.3) is 0 Å². The van der Waals surface area contributed by atoms with Crippen molar-refractivity contribution in [3.8, 4) is 0 Å². The highest BCUT2D eigenvalue weighted by molar-refractivity contribution is 14.0. The van der Waals surface area contributed by atoms with Crippen LogP contribution in [0, 0.1) is 13.8 Å². The van der Waals surface area contributed by atoms with Gasteiger partial charge in [0.05, 0.1) is 12.6 Å². The quantitative estimate of drug-likeness (QED) is 0.429. The van der Waals surface area contributed by atoms with Crippen LogP contribution in [-0.4, -0.2) is 28.7 Å². The number of hydrogen-bond donors (Lipinski definition) is 2. The zero-order valence-corrected chi connectivity index (χ0v) is 16.1. The van der Waals surface area contributed by atoms with E-state index in [1.54, 1.807) is 6.92 Å². The number of rotatable bonds is 4. The van der Waals surface area contributed by atoms with Crippen LogP contribution in [0.4, 0.5) is 5.69 Å². The van der Waals surface area contributed by atoms with Crippen molar-refractivity contribution >= 4 is 35.6 Å². The molecule has 1 fully saturated rings. The Labute approximate surface area is 158 Å². The highest BCUT2D eigenvalue weighted by Gasteiger charge is 2.30. The van der Waals surface area contributed by atoms with Crippen LogP contribution in [-0.2, 0) is 4.74 Å². The van der Waals surface area contributed by atoms with Crippen LogP contribution >= 0.6 is 24.0 Å². The number of aryl methyl sites for hydroxylation is 2. The van der Waals surface area contributed by atoms with E-state index in [0.29, 0.717) is 24.2 Å². The van der Waals surface area contributed by atoms with Crippen LogP contribution < -0.4 is 11.1 Å². The van der Waals surface area contributed by atoms with Gasteiger partial charge in [0.25, 0.3) is 5.89 Å². The maximum atomic E-state index is 5.93. The average Bonchev–Trinajstić information content (AvgIpc) is 3.14. The SMILES string of the molecule is Cc1cccc(NC(N)=NC[C@H]2CC[C@@H](c3nc(C)no3)O2)c1.I. The highest BCUT2D eigenvalue weighted by atomic mass is 127. The first kappa shape index (κ1) is 18.7. The molecule has 0 radical (unpaired) electrons. The molecule has 0 spiro atoms. The molecule has 0 unspecified atom stereocenters. The molecular formula is C16H22IN5O2. The van der Waals surface area contributed by atoms with E-state index in [1.807, 2.05) is 31.2 Å². The number of nitrogens with two attached hydrogens (primary N) is 1. The molecule has 1 saturated heterocycles. The van der Waals surface area contributed by atoms with Gasteiger partial charge in [0.15, 0.2) is 11.8 Å². The number of benzene rings is 1. The predicted octanol–water partition coefficient (Wildman–Crippen LogP) is 2.95. The van der Waals surface area contributed by atoms with Gasteiger partial charge in [-0.2, -0.15) is 4.98 Å². The zero-order valence-electron chi connectivity index (χ0n) is 13.7. The van der Waals surface area contributed by atoms with Gasteiger partial charge in [0.2, 0.25) is 0 Å². The molecule has 2 atom stereocenters. The fourth-order valence-electron chi connectivity index (χ4n) is 2.58. The molecule has 3 rings (SSSR count). The monoisotopic (exact) mass is 443 g/mol. The lowest BCUT2D eigenvalue weighted by Crippen LogP contribution is -2.24. The minimum Gasteiger partial charge on any atom is -0.370 e. The third-order valence-corrected chi connectivity index (χ3v) is 3.68. The van der Waals surface area contributed by atoms with Crippen LogP contribution in [0.5, 0.6) is 0 Å². The molecule has 2 heterocycles. The number of anilines is 1. The second-order valence-corrected chi connectivity index (χ2v) is 5.72. The smallest absolute Gasteiger partial charge is 0.255 e. The summed E-state index contributed by atoms with van der Waals surface area (Å²) in [5.74, 6) is 1.55. The van der Waals surface area contributed by atoms with E-state index in [-0.39, 0.29) is 36.2 Å². The maximum absolute atomic E-state index is 5.93. The van der Waals surface area contributed by atoms with Crippen molar-refractivity contribution in [1.82, 2.24) is 10.1 Å². The third-order valence-electron chi connectivity index (χ3n) is 3.68. The molecule has 24 heavy (non-hydrogen) atoms. The zero-order chi connectivity index (χ0) is 16.2. The molecule has 1 aromatic carbocycles. The van der Waals surface area contributed by atoms with Crippen LogP contribution in [0.2, 0.25) is 0 Å². The van der Waals surface area contributed by atoms with Crippen molar-refractivity contribution in [2.75, 3.05) is 11.9 Å². The summed E-state index contributed by atoms with van der Waals surface area (Å²) in [6.07, 6.45) is 1.63. The molecule has 2 aromatic rings. The van der Waals surface area contributed by atoms with E-state index < -0.39 is 0 Å². The number of nitrogens with zero attached hydrogens (tertiary/aromatic N) is 3. The molecular weight excluding hydrogens is 421 g/mol. The van der Waals surface area contributed by atoms with Gasteiger partial charge in [-0.25, -0.2) is 0 Å². The lowest BCUT2D eigenvalue weighted by atomic mass is 10.2. The van der Waals surface area contributed by atoms with E-state index in [0.717, 1.165) is 18.5 Å². The summed E-state index contributed by atoms with van der Waals surface area (Å²) in [6.45, 7) is 4.33. The number of hydrogen-bond acceptors (Lipinski definition) is 5. The number of ether oxygens (including phenoxy) is 1. The van der Waals surface area contributed by atoms with E-state index in [9.17, 15) is 0 Å². The first-order chi connectivity index (χ1) is 11.1. The van der Waals surface area contributed by atoms with Gasteiger partial charge < -0.3 is 20.3 Å². The fourth-order valence-corrected chi connectivity index (χ4v) is 2.58. The van der Waals surface area contributed by atoms with E-state index in [4.69, 9.17) is 15.0 Å². The number of guanidine groups is 1. The van der Waals surface area contributed by atoms with E-state index >= 15 is 0 Å². The maximum Gasteiger partial charge on any atom is 0.255 e. The topological polar surface area (TPSA) is 98.6 Å². The van der Waals surface area contributed by atoms with Crippen molar-refractivity contribution in [2.45, 2.75) is 38.9 Å². The molecule has 3 N–H and O–H groups in total. The van der Waals surface area contributed by atoms with Gasteiger partial charge >= 0.3 is 0 Å². The van der Waals surface area contributed by atoms with E-state index in [2.05, 4.69) is 20.4 Å². The second-order valence-electron chi connectivity index (χ2n) is 5.72. The average molecular weight is 443 g/mol. The van der Waals surface area contributed by atoms with Crippen molar-refractivity contribution in [3.63, 3.8) is 0 Å². The van der Waals surface area contributed by atoms with Gasteiger partial charge in [-0.15, -0.1) is 24.0 Å². The summed E-state index contributed by atoms with van der Waals surface area (Å²) in [5, 5.41) is 6.87. The largest absolute Gasteiger partial charge is 0.370 e. The van der Waals surface area contributed by atoms with Gasteiger partial charge in [-0.1, -0.05) is 17.3 Å². The fraction of sp³-hybridized carbons (Fsp3) is 0.438. The minimum atomic E-state index is -0.137. The Bertz CT molecular complexity index is 703. The highest BCUT2D eigenvalue weighted by Crippen LogP contribution is 2.31. The van der Waals surface area contributed by atoms with Crippen LogP contribution in [0.15, 0.2) is 33.8 Å². The molecule has 0 saturated carbocycles. The molecule has 8 heteroatoms. The number of aliphatic imine (C=N–C) groups is 1. The molecule has 1 aliphatic rings. The Morgan fingerprint density at radius 3 is 2.92 bits per heavy atom. The Morgan fingerprint density at radius 2 is 2.21 bits per heavy atom. The summed E-state index contributed by atoms with van der Waals surface area (Å²) in [7, 11) is 0. The van der Waals surface area contributed by atoms with Crippen molar-refractivity contribution in [2.24, 2.45) is 10.7 Å². The number of nitrogens with one attached hydrogen (secondary N) is 1. The molecule has 130 valence electrons. The molecule has 0 bridgehead atoms. The van der Waals surface area contributed by atoms with Crippen LogP contribution in [0.1, 0.15) is 36.2 Å². The number of halogens is 1. The van der Waals surface area contributed by atoms with Gasteiger partial charge in [0, 0.05) is 5.69 Å². The van der Waals surface area contributed by atoms with Crippen molar-refractivity contribution < 1.29 is 9.26 Å². The molecule has 1 aromatic heterocycles. The summed E-state index contributed by atoms with van der Waals surface area (Å²) in [4.78, 5) is 8.57. The second kappa shape index (κ2) is 8.43. The van der Waals surface area contributed by atoms with Gasteiger partial charge in [0.1, 0.15) is 6.10 Å². The lowest BCUT2D eigenvalue weighted by molar-refractivity contribution is 0.0309. The third kappa shape index (κ3) is 4.91. The Hall–Kier alpha value is -1.68. The van der Waals surface area contributed by atoms with E-state index in [1.165, 1.54) is 5.56 Å². The summed E-state index contributed by atoms with van der Waals surface area (Å²) < 4.78 is 11.0. The van der Waals surface area contributed by atoms with Gasteiger partial charge in [-0.05, 0) is 44.4 Å². The molecule has 0 amide bonds. The normalized spacial score (nSPS) is 20.7. The molecule has 1 aliphatic heterocycles. The van der Waals surface area contributed by atoms with Crippen molar-refractivity contribution in [3.05, 3.63) is 41.5 Å². The first-order valence-corrected chi connectivity index (χ1v) is 7.69. The number of aromatic nitrogens is 2. The first-order valence-electron chi connectivity index (χ1n) is 7.69. The van der Waals surface area contributed by atoms with Crippen LogP contribution in [0.3, 0.4) is 0 Å². The van der Waals surface area contributed by atoms with Gasteiger partial charge in [-0.3, -0.25) is 4.99 Å². The lowest BCUT2D eigenvalue weighted by Gasteiger charge is -2.10. The minimum absolute atomic E-state index is 0. The molecule has 0 aliphatic carbocycles. The predicted molar refractivity (Wildman–Crippen MR) is 103 cm³/mol. The summed E-state index contributed by atoms with van der Waals surface area (Å²) in [5.41, 5.74) is 8.02. The Balaban J connectivity index is 0.00000208. The summed E-state index contributed by atoms with van der Waals surface area (Å²) >= 11 is 0.